The molecular weight excluding hydrogens is 233 g/mol. The number of rotatable bonds is 3. The molecule has 0 radical (unpaired) electrons. The molecule has 82 valence electrons. The minimum atomic E-state index is 0.0556. The second kappa shape index (κ2) is 5.38. The van der Waals surface area contributed by atoms with Crippen molar-refractivity contribution in [3.05, 3.63) is 33.8 Å². The van der Waals surface area contributed by atoms with Crippen molar-refractivity contribution < 1.29 is 4.79 Å². The Morgan fingerprint density at radius 2 is 2.07 bits per heavy atom. The van der Waals surface area contributed by atoms with E-state index < -0.39 is 0 Å². The third-order valence-corrected chi connectivity index (χ3v) is 2.86. The molecule has 0 aliphatic rings. The van der Waals surface area contributed by atoms with Gasteiger partial charge in [0.05, 0.1) is 0 Å². The van der Waals surface area contributed by atoms with E-state index in [0.29, 0.717) is 16.6 Å². The van der Waals surface area contributed by atoms with Crippen LogP contribution in [0.15, 0.2) is 18.2 Å². The number of halogens is 2. The number of likely N-dealkylation sites (N-methyl/N-ethyl adjacent to an activating group) is 1. The summed E-state index contributed by atoms with van der Waals surface area (Å²) in [5, 5.41) is 1.28. The lowest BCUT2D eigenvalue weighted by Crippen LogP contribution is -2.26. The van der Waals surface area contributed by atoms with Crippen molar-refractivity contribution in [3.8, 4) is 0 Å². The van der Waals surface area contributed by atoms with Gasteiger partial charge in [0.2, 0.25) is 5.91 Å². The molecule has 0 bridgehead atoms. The monoisotopic (exact) mass is 245 g/mol. The van der Waals surface area contributed by atoms with E-state index in [4.69, 9.17) is 23.2 Å². The molecule has 0 N–H and O–H groups in total. The highest BCUT2D eigenvalue weighted by Gasteiger charge is 2.05. The number of carbonyl (C=O) groups excluding carboxylic acids is 1. The van der Waals surface area contributed by atoms with Crippen LogP contribution in [0.5, 0.6) is 0 Å². The zero-order chi connectivity index (χ0) is 11.4. The summed E-state index contributed by atoms with van der Waals surface area (Å²) in [7, 11) is 1.77. The summed E-state index contributed by atoms with van der Waals surface area (Å²) < 4.78 is 0. The number of benzene rings is 1. The summed E-state index contributed by atoms with van der Waals surface area (Å²) in [6, 6.07) is 5.40. The van der Waals surface area contributed by atoms with Crippen LogP contribution in [0.25, 0.3) is 0 Å². The average molecular weight is 246 g/mol. The Morgan fingerprint density at radius 3 is 2.60 bits per heavy atom. The first-order valence-electron chi connectivity index (χ1n) is 4.66. The van der Waals surface area contributed by atoms with E-state index in [-0.39, 0.29) is 5.91 Å². The van der Waals surface area contributed by atoms with Crippen molar-refractivity contribution in [1.29, 1.82) is 0 Å². The Morgan fingerprint density at radius 1 is 1.40 bits per heavy atom. The van der Waals surface area contributed by atoms with Crippen LogP contribution in [-0.4, -0.2) is 24.4 Å². The summed E-state index contributed by atoms with van der Waals surface area (Å²) in [5.41, 5.74) is 1.01. The third-order valence-electron chi connectivity index (χ3n) is 2.27. The molecule has 0 aliphatic heterocycles. The molecule has 2 nitrogen and oxygen atoms in total. The molecule has 15 heavy (non-hydrogen) atoms. The van der Waals surface area contributed by atoms with E-state index >= 15 is 0 Å². The normalized spacial score (nSPS) is 10.1. The van der Waals surface area contributed by atoms with E-state index in [1.54, 1.807) is 31.0 Å². The fraction of sp³-hybridized carbons (Fsp3) is 0.364. The van der Waals surface area contributed by atoms with Gasteiger partial charge in [0.25, 0.3) is 0 Å². The molecule has 0 atom stereocenters. The Kier molecular flexibility index (Phi) is 4.43. The predicted molar refractivity (Wildman–Crippen MR) is 63.5 cm³/mol. The Bertz CT molecular complexity index is 366. The molecule has 1 aromatic rings. The van der Waals surface area contributed by atoms with E-state index in [1.165, 1.54) is 0 Å². The zero-order valence-corrected chi connectivity index (χ0v) is 10.3. The van der Waals surface area contributed by atoms with E-state index in [1.807, 2.05) is 6.07 Å². The van der Waals surface area contributed by atoms with Crippen LogP contribution in [0.2, 0.25) is 10.0 Å². The highest BCUT2D eigenvalue weighted by atomic mass is 35.5. The first-order valence-corrected chi connectivity index (χ1v) is 5.42. The molecule has 0 unspecified atom stereocenters. The molecule has 0 saturated carbocycles. The third kappa shape index (κ3) is 3.73. The average Bonchev–Trinajstić information content (AvgIpc) is 2.15. The zero-order valence-electron chi connectivity index (χ0n) is 8.76. The maximum absolute atomic E-state index is 11.0. The second-order valence-corrected chi connectivity index (χ2v) is 4.27. The molecule has 1 aromatic carbocycles. The fourth-order valence-electron chi connectivity index (χ4n) is 1.17. The first kappa shape index (κ1) is 12.3. The molecule has 0 spiro atoms. The lowest BCUT2D eigenvalue weighted by molar-refractivity contribution is -0.127. The number of amides is 1. The summed E-state index contributed by atoms with van der Waals surface area (Å²) in [4.78, 5) is 12.6. The molecule has 1 amide bonds. The van der Waals surface area contributed by atoms with Gasteiger partial charge in [0.1, 0.15) is 0 Å². The van der Waals surface area contributed by atoms with Crippen molar-refractivity contribution in [2.75, 3.05) is 13.6 Å². The van der Waals surface area contributed by atoms with Crippen molar-refractivity contribution >= 4 is 29.1 Å². The van der Waals surface area contributed by atoms with E-state index in [0.717, 1.165) is 12.0 Å². The van der Waals surface area contributed by atoms with Gasteiger partial charge in [0, 0.05) is 30.6 Å². The fourth-order valence-corrected chi connectivity index (χ4v) is 1.67. The van der Waals surface area contributed by atoms with Crippen molar-refractivity contribution in [2.45, 2.75) is 13.3 Å². The number of nitrogens with zero attached hydrogens (tertiary/aromatic N) is 1. The largest absolute Gasteiger partial charge is 0.346 e. The number of carbonyl (C=O) groups is 1. The Labute approximate surface area is 99.8 Å². The molecule has 0 aromatic heterocycles. The van der Waals surface area contributed by atoms with Crippen molar-refractivity contribution in [1.82, 2.24) is 4.90 Å². The van der Waals surface area contributed by atoms with E-state index in [9.17, 15) is 4.79 Å². The Hall–Kier alpha value is -0.730. The highest BCUT2D eigenvalue weighted by Crippen LogP contribution is 2.21. The lowest BCUT2D eigenvalue weighted by Gasteiger charge is -2.14. The van der Waals surface area contributed by atoms with Crippen molar-refractivity contribution in [2.24, 2.45) is 0 Å². The SMILES string of the molecule is CC(=O)N(C)CCc1ccc(Cl)cc1Cl. The van der Waals surface area contributed by atoms with E-state index in [2.05, 4.69) is 0 Å². The van der Waals surface area contributed by atoms with Gasteiger partial charge in [-0.15, -0.1) is 0 Å². The number of hydrogen-bond acceptors (Lipinski definition) is 1. The molecule has 1 rings (SSSR count). The van der Waals surface area contributed by atoms with Gasteiger partial charge >= 0.3 is 0 Å². The molecule has 0 heterocycles. The maximum Gasteiger partial charge on any atom is 0.219 e. The lowest BCUT2D eigenvalue weighted by atomic mass is 10.1. The predicted octanol–water partition coefficient (Wildman–Crippen LogP) is 3.01. The quantitative estimate of drug-likeness (QED) is 0.802. The summed E-state index contributed by atoms with van der Waals surface area (Å²) in [6.45, 7) is 2.21. The Balaban J connectivity index is 2.62. The summed E-state index contributed by atoms with van der Waals surface area (Å²) in [6.07, 6.45) is 0.742. The number of hydrogen-bond donors (Lipinski definition) is 0. The van der Waals surface area contributed by atoms with Gasteiger partial charge in [-0.1, -0.05) is 29.3 Å². The van der Waals surface area contributed by atoms with Gasteiger partial charge in [-0.05, 0) is 24.1 Å². The van der Waals surface area contributed by atoms with Gasteiger partial charge in [0.15, 0.2) is 0 Å². The molecular formula is C11H13Cl2NO. The molecule has 4 heteroatoms. The van der Waals surface area contributed by atoms with Crippen LogP contribution in [0.4, 0.5) is 0 Å². The van der Waals surface area contributed by atoms with Gasteiger partial charge in [-0.3, -0.25) is 4.79 Å². The standard InChI is InChI=1S/C11H13Cl2NO/c1-8(15)14(2)6-5-9-3-4-10(12)7-11(9)13/h3-4,7H,5-6H2,1-2H3. The first-order chi connectivity index (χ1) is 7.00. The highest BCUT2D eigenvalue weighted by molar-refractivity contribution is 6.35. The summed E-state index contributed by atoms with van der Waals surface area (Å²) in [5.74, 6) is 0.0556. The minimum Gasteiger partial charge on any atom is -0.346 e. The van der Waals surface area contributed by atoms with Gasteiger partial charge in [-0.25, -0.2) is 0 Å². The van der Waals surface area contributed by atoms with Crippen LogP contribution in [0.3, 0.4) is 0 Å². The van der Waals surface area contributed by atoms with Crippen LogP contribution in [0.1, 0.15) is 12.5 Å². The van der Waals surface area contributed by atoms with Crippen LogP contribution in [-0.2, 0) is 11.2 Å². The molecule has 0 fully saturated rings. The topological polar surface area (TPSA) is 20.3 Å². The minimum absolute atomic E-state index is 0.0556. The van der Waals surface area contributed by atoms with Crippen LogP contribution < -0.4 is 0 Å². The molecule has 0 saturated heterocycles. The van der Waals surface area contributed by atoms with Crippen LogP contribution in [0, 0.1) is 0 Å². The van der Waals surface area contributed by atoms with Gasteiger partial charge < -0.3 is 4.90 Å². The van der Waals surface area contributed by atoms with Crippen molar-refractivity contribution in [3.63, 3.8) is 0 Å². The second-order valence-electron chi connectivity index (χ2n) is 3.43. The molecule has 0 aliphatic carbocycles. The smallest absolute Gasteiger partial charge is 0.219 e. The van der Waals surface area contributed by atoms with Gasteiger partial charge in [-0.2, -0.15) is 0 Å². The maximum atomic E-state index is 11.0. The summed E-state index contributed by atoms with van der Waals surface area (Å²) >= 11 is 11.8. The van der Waals surface area contributed by atoms with Crippen LogP contribution >= 0.6 is 23.2 Å².